The van der Waals surface area contributed by atoms with Crippen molar-refractivity contribution in [3.05, 3.63) is 24.0 Å². The van der Waals surface area contributed by atoms with Crippen molar-refractivity contribution in [1.29, 1.82) is 0 Å². The lowest BCUT2D eigenvalue weighted by molar-refractivity contribution is -0.124. The van der Waals surface area contributed by atoms with E-state index < -0.39 is 0 Å². The molecule has 1 aromatic rings. The summed E-state index contributed by atoms with van der Waals surface area (Å²) < 4.78 is 6.64. The van der Waals surface area contributed by atoms with Crippen molar-refractivity contribution < 1.29 is 9.53 Å². The zero-order valence-electron chi connectivity index (χ0n) is 10.6. The molecule has 0 spiro atoms. The Morgan fingerprint density at radius 1 is 1.65 bits per heavy atom. The van der Waals surface area contributed by atoms with Crippen molar-refractivity contribution in [3.63, 3.8) is 0 Å². The first kappa shape index (κ1) is 13.4. The molecule has 0 aliphatic rings. The third kappa shape index (κ3) is 4.82. The molecule has 17 heavy (non-hydrogen) atoms. The summed E-state index contributed by atoms with van der Waals surface area (Å²) in [5.41, 5.74) is 0.922. The molecule has 0 bridgehead atoms. The quantitative estimate of drug-likeness (QED) is 0.546. The van der Waals surface area contributed by atoms with Crippen molar-refractivity contribution in [2.75, 3.05) is 27.3 Å². The van der Waals surface area contributed by atoms with E-state index in [1.54, 1.807) is 42.1 Å². The first-order valence-electron chi connectivity index (χ1n) is 5.54. The van der Waals surface area contributed by atoms with Crippen molar-refractivity contribution in [2.45, 2.75) is 6.42 Å². The third-order valence-corrected chi connectivity index (χ3v) is 2.36. The van der Waals surface area contributed by atoms with Gasteiger partial charge in [0.1, 0.15) is 0 Å². The van der Waals surface area contributed by atoms with Gasteiger partial charge in [-0.1, -0.05) is 0 Å². The number of ether oxygens (including phenoxy) is 1. The monoisotopic (exact) mass is 237 g/mol. The molecule has 0 unspecified atom stereocenters. The van der Waals surface area contributed by atoms with Gasteiger partial charge in [0.2, 0.25) is 5.91 Å². The number of carbonyl (C=O) groups excluding carboxylic acids is 1. The summed E-state index contributed by atoms with van der Waals surface area (Å²) in [4.78, 5) is 13.4. The second-order valence-corrected chi connectivity index (χ2v) is 3.89. The van der Waals surface area contributed by atoms with Gasteiger partial charge in [-0.05, 0) is 12.5 Å². The fraction of sp³-hybridized carbons (Fsp3) is 0.500. The molecule has 94 valence electrons. The maximum absolute atomic E-state index is 11.7. The zero-order valence-corrected chi connectivity index (χ0v) is 10.6. The minimum Gasteiger partial charge on any atom is -0.385 e. The molecule has 0 aromatic carbocycles. The fourth-order valence-corrected chi connectivity index (χ4v) is 1.38. The number of methoxy groups -OCH3 is 1. The predicted octanol–water partition coefficient (Wildman–Crippen LogP) is 0.928. The molecule has 5 nitrogen and oxygen atoms in total. The first-order chi connectivity index (χ1) is 8.13. The third-order valence-electron chi connectivity index (χ3n) is 2.36. The lowest BCUT2D eigenvalue weighted by Crippen LogP contribution is -2.26. The Kier molecular flexibility index (Phi) is 5.42. The molecule has 1 rings (SSSR count). The van der Waals surface area contributed by atoms with Crippen molar-refractivity contribution in [3.8, 4) is 0 Å². The molecule has 0 saturated heterocycles. The lowest BCUT2D eigenvalue weighted by atomic mass is 10.3. The van der Waals surface area contributed by atoms with Crippen LogP contribution in [0.1, 0.15) is 12.0 Å². The molecule has 5 heteroatoms. The largest absolute Gasteiger partial charge is 0.385 e. The van der Waals surface area contributed by atoms with Crippen molar-refractivity contribution >= 4 is 12.0 Å². The van der Waals surface area contributed by atoms with E-state index in [4.69, 9.17) is 4.74 Å². The van der Waals surface area contributed by atoms with Crippen LogP contribution in [-0.2, 0) is 16.6 Å². The summed E-state index contributed by atoms with van der Waals surface area (Å²) in [7, 11) is 5.28. The summed E-state index contributed by atoms with van der Waals surface area (Å²) in [6.45, 7) is 1.37. The minimum absolute atomic E-state index is 0.00930. The molecular formula is C12H19N3O2. The number of rotatable bonds is 6. The van der Waals surface area contributed by atoms with Crippen molar-refractivity contribution in [1.82, 2.24) is 14.7 Å². The van der Waals surface area contributed by atoms with Crippen molar-refractivity contribution in [2.24, 2.45) is 7.05 Å². The van der Waals surface area contributed by atoms with Gasteiger partial charge < -0.3 is 9.64 Å². The van der Waals surface area contributed by atoms with Crippen LogP contribution in [0.3, 0.4) is 0 Å². The number of nitrogens with zero attached hydrogens (tertiary/aromatic N) is 3. The van der Waals surface area contributed by atoms with Crippen LogP contribution in [0.2, 0.25) is 0 Å². The van der Waals surface area contributed by atoms with E-state index in [9.17, 15) is 4.79 Å². The van der Waals surface area contributed by atoms with Gasteiger partial charge in [-0.2, -0.15) is 5.10 Å². The number of carbonyl (C=O) groups is 1. The Morgan fingerprint density at radius 2 is 2.41 bits per heavy atom. The summed E-state index contributed by atoms with van der Waals surface area (Å²) in [6.07, 6.45) is 7.74. The standard InChI is InChI=1S/C12H19N3O2/c1-14(7-4-8-17-3)12(16)6-5-11-9-13-15(2)10-11/h5-6,9-10H,4,7-8H2,1-3H3/b6-5+. The van der Waals surface area contributed by atoms with Gasteiger partial charge in [0.15, 0.2) is 0 Å². The van der Waals surface area contributed by atoms with Gasteiger partial charge in [0, 0.05) is 52.2 Å². The molecule has 1 aromatic heterocycles. The van der Waals surface area contributed by atoms with Gasteiger partial charge in [-0.3, -0.25) is 9.48 Å². The van der Waals surface area contributed by atoms with E-state index in [1.165, 1.54) is 0 Å². The van der Waals surface area contributed by atoms with Gasteiger partial charge >= 0.3 is 0 Å². The SMILES string of the molecule is COCCCN(C)C(=O)/C=C/c1cnn(C)c1. The molecule has 1 heterocycles. The Labute approximate surface area is 102 Å². The Morgan fingerprint density at radius 3 is 3.00 bits per heavy atom. The van der Waals surface area contributed by atoms with Crippen LogP contribution in [0.15, 0.2) is 18.5 Å². The number of hydrogen-bond acceptors (Lipinski definition) is 3. The molecule has 0 saturated carbocycles. The smallest absolute Gasteiger partial charge is 0.246 e. The fourth-order valence-electron chi connectivity index (χ4n) is 1.38. The lowest BCUT2D eigenvalue weighted by Gasteiger charge is -2.14. The van der Waals surface area contributed by atoms with Crippen LogP contribution in [0.4, 0.5) is 0 Å². The zero-order chi connectivity index (χ0) is 12.7. The van der Waals surface area contributed by atoms with Gasteiger partial charge in [0.25, 0.3) is 0 Å². The Bertz CT molecular complexity index is 385. The Hall–Kier alpha value is -1.62. The highest BCUT2D eigenvalue weighted by atomic mass is 16.5. The van der Waals surface area contributed by atoms with E-state index in [-0.39, 0.29) is 5.91 Å². The van der Waals surface area contributed by atoms with Gasteiger partial charge in [-0.15, -0.1) is 0 Å². The number of hydrogen-bond donors (Lipinski definition) is 0. The maximum atomic E-state index is 11.7. The van der Waals surface area contributed by atoms with Gasteiger partial charge in [0.05, 0.1) is 6.20 Å². The van der Waals surface area contributed by atoms with Crippen LogP contribution >= 0.6 is 0 Å². The van der Waals surface area contributed by atoms with Crippen LogP contribution in [0.25, 0.3) is 6.08 Å². The van der Waals surface area contributed by atoms with Crippen LogP contribution in [0, 0.1) is 0 Å². The van der Waals surface area contributed by atoms with Crippen LogP contribution < -0.4 is 0 Å². The Balaban J connectivity index is 2.40. The summed E-state index contributed by atoms with van der Waals surface area (Å²) in [5.74, 6) is -0.00930. The molecule has 0 aliphatic heterocycles. The van der Waals surface area contributed by atoms with Crippen LogP contribution in [0.5, 0.6) is 0 Å². The number of amides is 1. The summed E-state index contributed by atoms with van der Waals surface area (Å²) >= 11 is 0. The number of aromatic nitrogens is 2. The molecule has 0 atom stereocenters. The van der Waals surface area contributed by atoms with Crippen LogP contribution in [-0.4, -0.2) is 47.9 Å². The average Bonchev–Trinajstić information content (AvgIpc) is 2.72. The van der Waals surface area contributed by atoms with E-state index in [1.807, 2.05) is 13.2 Å². The maximum Gasteiger partial charge on any atom is 0.246 e. The first-order valence-corrected chi connectivity index (χ1v) is 5.54. The minimum atomic E-state index is -0.00930. The number of likely N-dealkylation sites (N-methyl/N-ethyl adjacent to an activating group) is 1. The highest BCUT2D eigenvalue weighted by molar-refractivity contribution is 5.91. The molecule has 0 aliphatic carbocycles. The highest BCUT2D eigenvalue weighted by Crippen LogP contribution is 2.00. The van der Waals surface area contributed by atoms with E-state index in [0.717, 1.165) is 12.0 Å². The molecule has 1 amide bonds. The highest BCUT2D eigenvalue weighted by Gasteiger charge is 2.03. The summed E-state index contributed by atoms with van der Waals surface area (Å²) in [5, 5.41) is 4.02. The van der Waals surface area contributed by atoms with Gasteiger partial charge in [-0.25, -0.2) is 0 Å². The number of aryl methyl sites for hydroxylation is 1. The van der Waals surface area contributed by atoms with E-state index >= 15 is 0 Å². The molecule has 0 N–H and O–H groups in total. The summed E-state index contributed by atoms with van der Waals surface area (Å²) in [6, 6.07) is 0. The second kappa shape index (κ2) is 6.85. The molecule has 0 radical (unpaired) electrons. The van der Waals surface area contributed by atoms with E-state index in [2.05, 4.69) is 5.10 Å². The topological polar surface area (TPSA) is 47.4 Å². The average molecular weight is 237 g/mol. The second-order valence-electron chi connectivity index (χ2n) is 3.89. The molecule has 0 fully saturated rings. The normalized spacial score (nSPS) is 11.0. The molecular weight excluding hydrogens is 218 g/mol. The predicted molar refractivity (Wildman–Crippen MR) is 66.4 cm³/mol. The van der Waals surface area contributed by atoms with E-state index in [0.29, 0.717) is 13.2 Å².